The highest BCUT2D eigenvalue weighted by Crippen LogP contribution is 2.36. The minimum atomic E-state index is 0.354. The summed E-state index contributed by atoms with van der Waals surface area (Å²) in [7, 11) is 0. The van der Waals surface area contributed by atoms with E-state index in [-0.39, 0.29) is 0 Å². The Kier molecular flexibility index (Phi) is 4.83. The molecular formula is C21H25N7O. The summed E-state index contributed by atoms with van der Waals surface area (Å²) in [4.78, 5) is 22.9. The predicted molar refractivity (Wildman–Crippen MR) is 110 cm³/mol. The largest absolute Gasteiger partial charge is 0.356 e. The van der Waals surface area contributed by atoms with Crippen molar-refractivity contribution in [2.75, 3.05) is 36.0 Å². The first-order chi connectivity index (χ1) is 14.3. The molecule has 0 unspecified atom stereocenters. The number of nitrogens with zero attached hydrogens (tertiary/aromatic N) is 7. The van der Waals surface area contributed by atoms with Crippen molar-refractivity contribution >= 4 is 11.8 Å². The van der Waals surface area contributed by atoms with Crippen LogP contribution in [0, 0.1) is 6.92 Å². The van der Waals surface area contributed by atoms with E-state index < -0.39 is 0 Å². The first-order valence-corrected chi connectivity index (χ1v) is 10.3. The quantitative estimate of drug-likeness (QED) is 0.670. The topological polar surface area (TPSA) is 84.1 Å². The van der Waals surface area contributed by atoms with Gasteiger partial charge in [-0.3, -0.25) is 4.98 Å². The maximum Gasteiger partial charge on any atom is 0.225 e. The smallest absolute Gasteiger partial charge is 0.225 e. The molecule has 0 atom stereocenters. The third-order valence-corrected chi connectivity index (χ3v) is 5.84. The lowest BCUT2D eigenvalue weighted by Crippen LogP contribution is -2.34. The molecule has 0 amide bonds. The van der Waals surface area contributed by atoms with Crippen LogP contribution in [0.25, 0.3) is 11.3 Å². The summed E-state index contributed by atoms with van der Waals surface area (Å²) in [5.41, 5.74) is 2.91. The van der Waals surface area contributed by atoms with Crippen molar-refractivity contribution in [1.29, 1.82) is 0 Å². The molecule has 0 spiro atoms. The molecule has 5 rings (SSSR count). The van der Waals surface area contributed by atoms with Crippen molar-refractivity contribution < 1.29 is 4.52 Å². The zero-order chi connectivity index (χ0) is 19.6. The summed E-state index contributed by atoms with van der Waals surface area (Å²) in [5, 5.41) is 4.07. The second-order valence-corrected chi connectivity index (χ2v) is 7.82. The van der Waals surface area contributed by atoms with Crippen LogP contribution in [-0.2, 0) is 0 Å². The average Bonchev–Trinajstić information content (AvgIpc) is 3.46. The van der Waals surface area contributed by atoms with E-state index in [4.69, 9.17) is 9.51 Å². The SMILES string of the molecule is Cc1cc(-c2cnc(N3CCCC3)nc2C2CCN(c3cnccn3)CC2)on1. The molecule has 2 saturated heterocycles. The molecule has 3 aromatic rings. The van der Waals surface area contributed by atoms with Crippen LogP contribution in [0.5, 0.6) is 0 Å². The highest BCUT2D eigenvalue weighted by molar-refractivity contribution is 5.61. The van der Waals surface area contributed by atoms with Crippen LogP contribution in [0.15, 0.2) is 35.4 Å². The lowest BCUT2D eigenvalue weighted by Gasteiger charge is -2.33. The molecule has 0 N–H and O–H groups in total. The Bertz CT molecular complexity index is 960. The van der Waals surface area contributed by atoms with Gasteiger partial charge in [-0.25, -0.2) is 15.0 Å². The molecule has 8 nitrogen and oxygen atoms in total. The summed E-state index contributed by atoms with van der Waals surface area (Å²) >= 11 is 0. The second-order valence-electron chi connectivity index (χ2n) is 7.82. The molecule has 2 fully saturated rings. The number of hydrogen-bond acceptors (Lipinski definition) is 8. The van der Waals surface area contributed by atoms with Gasteiger partial charge >= 0.3 is 0 Å². The van der Waals surface area contributed by atoms with Gasteiger partial charge < -0.3 is 14.3 Å². The predicted octanol–water partition coefficient (Wildman–Crippen LogP) is 3.21. The molecule has 5 heterocycles. The second kappa shape index (κ2) is 7.77. The Morgan fingerprint density at radius 3 is 2.48 bits per heavy atom. The number of piperidine rings is 1. The minimum absolute atomic E-state index is 0.354. The lowest BCUT2D eigenvalue weighted by atomic mass is 9.90. The van der Waals surface area contributed by atoms with E-state index >= 15 is 0 Å². The Morgan fingerprint density at radius 1 is 0.966 bits per heavy atom. The highest BCUT2D eigenvalue weighted by atomic mass is 16.5. The van der Waals surface area contributed by atoms with Crippen LogP contribution in [0.1, 0.15) is 43.0 Å². The molecule has 29 heavy (non-hydrogen) atoms. The number of hydrogen-bond donors (Lipinski definition) is 0. The van der Waals surface area contributed by atoms with Crippen LogP contribution in [0.2, 0.25) is 0 Å². The highest BCUT2D eigenvalue weighted by Gasteiger charge is 2.28. The van der Waals surface area contributed by atoms with Crippen molar-refractivity contribution in [3.05, 3.63) is 42.2 Å². The normalized spacial score (nSPS) is 17.8. The fourth-order valence-corrected chi connectivity index (χ4v) is 4.28. The summed E-state index contributed by atoms with van der Waals surface area (Å²) in [5.74, 6) is 2.89. The molecule has 8 heteroatoms. The van der Waals surface area contributed by atoms with Gasteiger partial charge in [0.2, 0.25) is 5.95 Å². The number of anilines is 2. The zero-order valence-electron chi connectivity index (χ0n) is 16.7. The summed E-state index contributed by atoms with van der Waals surface area (Å²) in [6, 6.07) is 1.96. The van der Waals surface area contributed by atoms with Gasteiger partial charge in [0, 0.05) is 56.8 Å². The van der Waals surface area contributed by atoms with Crippen molar-refractivity contribution in [2.45, 2.75) is 38.5 Å². The van der Waals surface area contributed by atoms with E-state index in [1.54, 1.807) is 12.4 Å². The number of aromatic nitrogens is 5. The van der Waals surface area contributed by atoms with E-state index in [1.807, 2.05) is 25.4 Å². The molecule has 0 saturated carbocycles. The molecule has 0 aromatic carbocycles. The van der Waals surface area contributed by atoms with Gasteiger partial charge in [-0.2, -0.15) is 0 Å². The van der Waals surface area contributed by atoms with Crippen molar-refractivity contribution in [3.8, 4) is 11.3 Å². The number of aryl methyl sites for hydroxylation is 1. The van der Waals surface area contributed by atoms with Gasteiger partial charge in [0.1, 0.15) is 5.82 Å². The molecule has 2 aliphatic heterocycles. The molecular weight excluding hydrogens is 366 g/mol. The van der Waals surface area contributed by atoms with Gasteiger partial charge in [-0.05, 0) is 32.6 Å². The maximum atomic E-state index is 5.57. The third kappa shape index (κ3) is 3.66. The Balaban J connectivity index is 1.43. The first kappa shape index (κ1) is 18.0. The standard InChI is InChI=1S/C21H25N7O/c1-15-12-18(29-26-15)17-13-24-21(28-8-2-3-9-28)25-20(17)16-4-10-27(11-5-16)19-14-22-6-7-23-19/h6-7,12-14,16H,2-5,8-11H2,1H3. The van der Waals surface area contributed by atoms with E-state index in [0.29, 0.717) is 5.92 Å². The number of rotatable bonds is 4. The van der Waals surface area contributed by atoms with Crippen molar-refractivity contribution in [2.24, 2.45) is 0 Å². The van der Waals surface area contributed by atoms with Crippen molar-refractivity contribution in [1.82, 2.24) is 25.1 Å². The summed E-state index contributed by atoms with van der Waals surface area (Å²) in [6.07, 6.45) is 11.6. The Morgan fingerprint density at radius 2 is 1.79 bits per heavy atom. The summed E-state index contributed by atoms with van der Waals surface area (Å²) < 4.78 is 5.57. The van der Waals surface area contributed by atoms with Crippen LogP contribution >= 0.6 is 0 Å². The molecule has 2 aliphatic rings. The van der Waals surface area contributed by atoms with Crippen LogP contribution in [-0.4, -0.2) is 51.3 Å². The van der Waals surface area contributed by atoms with Gasteiger partial charge in [0.05, 0.1) is 23.1 Å². The Labute approximate surface area is 170 Å². The molecule has 3 aromatic heterocycles. The van der Waals surface area contributed by atoms with E-state index in [2.05, 4.69) is 29.9 Å². The molecule has 150 valence electrons. The maximum absolute atomic E-state index is 5.57. The van der Waals surface area contributed by atoms with Gasteiger partial charge in [-0.15, -0.1) is 0 Å². The summed E-state index contributed by atoms with van der Waals surface area (Å²) in [6.45, 7) is 5.87. The zero-order valence-corrected chi connectivity index (χ0v) is 16.7. The van der Waals surface area contributed by atoms with Gasteiger partial charge in [-0.1, -0.05) is 5.16 Å². The monoisotopic (exact) mass is 391 g/mol. The molecule has 0 aliphatic carbocycles. The fourth-order valence-electron chi connectivity index (χ4n) is 4.28. The van der Waals surface area contributed by atoms with Crippen LogP contribution in [0.3, 0.4) is 0 Å². The van der Waals surface area contributed by atoms with Gasteiger partial charge in [0.25, 0.3) is 0 Å². The first-order valence-electron chi connectivity index (χ1n) is 10.3. The van der Waals surface area contributed by atoms with Crippen molar-refractivity contribution in [3.63, 3.8) is 0 Å². The van der Waals surface area contributed by atoms with Crippen LogP contribution < -0.4 is 9.80 Å². The molecule has 0 radical (unpaired) electrons. The lowest BCUT2D eigenvalue weighted by molar-refractivity contribution is 0.424. The average molecular weight is 391 g/mol. The molecule has 0 bridgehead atoms. The van der Waals surface area contributed by atoms with Crippen LogP contribution in [0.4, 0.5) is 11.8 Å². The van der Waals surface area contributed by atoms with Gasteiger partial charge in [0.15, 0.2) is 5.76 Å². The van der Waals surface area contributed by atoms with E-state index in [9.17, 15) is 0 Å². The third-order valence-electron chi connectivity index (χ3n) is 5.84. The Hall–Kier alpha value is -3.03. The fraction of sp³-hybridized carbons (Fsp3) is 0.476. The van der Waals surface area contributed by atoms with E-state index in [1.165, 1.54) is 12.8 Å². The van der Waals surface area contributed by atoms with E-state index in [0.717, 1.165) is 73.5 Å². The minimum Gasteiger partial charge on any atom is -0.356 e.